The molecule has 0 fully saturated rings. The topological polar surface area (TPSA) is 46.2 Å². The summed E-state index contributed by atoms with van der Waals surface area (Å²) < 4.78 is 27.8. The van der Waals surface area contributed by atoms with Gasteiger partial charge < -0.3 is 0 Å². The molecule has 0 aliphatic carbocycles. The number of nitrogens with one attached hydrogen (secondary N) is 1. The van der Waals surface area contributed by atoms with Gasteiger partial charge in [-0.25, -0.2) is 13.1 Å². The molecule has 19 heavy (non-hydrogen) atoms. The highest BCUT2D eigenvalue weighted by Gasteiger charge is 2.15. The van der Waals surface area contributed by atoms with Crippen molar-refractivity contribution in [1.29, 1.82) is 0 Å². The highest BCUT2D eigenvalue weighted by Crippen LogP contribution is 2.26. The Bertz CT molecular complexity index is 650. The largest absolute Gasteiger partial charge is 0.250 e. The lowest BCUT2D eigenvalue weighted by Gasteiger charge is -2.05. The molecule has 2 rings (SSSR count). The summed E-state index contributed by atoms with van der Waals surface area (Å²) in [7, 11) is -3.42. The van der Waals surface area contributed by atoms with E-state index in [1.54, 1.807) is 23.9 Å². The van der Waals surface area contributed by atoms with Crippen molar-refractivity contribution in [2.75, 3.05) is 6.26 Å². The first kappa shape index (κ1) is 15.1. The van der Waals surface area contributed by atoms with Gasteiger partial charge in [-0.3, -0.25) is 0 Å². The van der Waals surface area contributed by atoms with Crippen LogP contribution in [0.15, 0.2) is 49.3 Å². The average Bonchev–Trinajstić information content (AvgIpc) is 2.85. The smallest absolute Gasteiger partial charge is 0.206 e. The van der Waals surface area contributed by atoms with Gasteiger partial charge in [0.05, 0.1) is 3.79 Å². The van der Waals surface area contributed by atoms with Gasteiger partial charge in [0.2, 0.25) is 10.0 Å². The molecule has 0 atom stereocenters. The van der Waals surface area contributed by atoms with E-state index in [2.05, 4.69) is 20.7 Å². The minimum atomic E-state index is -3.42. The number of rotatable bonds is 5. The van der Waals surface area contributed by atoms with Crippen molar-refractivity contribution >= 4 is 49.1 Å². The van der Waals surface area contributed by atoms with Crippen LogP contribution in [-0.2, 0) is 16.6 Å². The lowest BCUT2D eigenvalue weighted by atomic mass is 10.2. The van der Waals surface area contributed by atoms with Gasteiger partial charge in [0.15, 0.2) is 0 Å². The molecule has 0 spiro atoms. The van der Waals surface area contributed by atoms with Gasteiger partial charge in [0.25, 0.3) is 0 Å². The molecule has 3 nitrogen and oxygen atoms in total. The summed E-state index contributed by atoms with van der Waals surface area (Å²) in [5, 5.41) is 0. The Morgan fingerprint density at radius 1 is 1.21 bits per heavy atom. The first-order chi connectivity index (χ1) is 9.01. The number of hydrogen-bond donors (Lipinski definition) is 1. The molecule has 0 radical (unpaired) electrons. The average molecular weight is 378 g/mol. The van der Waals surface area contributed by atoms with Gasteiger partial charge in [0, 0.05) is 11.4 Å². The summed E-state index contributed by atoms with van der Waals surface area (Å²) >= 11 is 6.12. The molecule has 0 amide bonds. The molecule has 0 saturated carbocycles. The van der Waals surface area contributed by atoms with Crippen LogP contribution in [0.5, 0.6) is 0 Å². The summed E-state index contributed by atoms with van der Waals surface area (Å²) in [4.78, 5) is 1.16. The standard InChI is InChI=1S/C12H12BrNO2S3/c1-17-10-4-2-9(3-5-10)8-14-19(15,16)12-7-6-11(13)18-12/h2-7,14H,8H2,1H3. The zero-order valence-corrected chi connectivity index (χ0v) is 14.1. The molecular weight excluding hydrogens is 366 g/mol. The summed E-state index contributed by atoms with van der Waals surface area (Å²) in [6, 6.07) is 11.1. The number of halogens is 1. The third kappa shape index (κ3) is 4.06. The van der Waals surface area contributed by atoms with Gasteiger partial charge in [-0.05, 0) is 52.0 Å². The SMILES string of the molecule is CSc1ccc(CNS(=O)(=O)c2ccc(Br)s2)cc1. The Morgan fingerprint density at radius 3 is 2.42 bits per heavy atom. The highest BCUT2D eigenvalue weighted by atomic mass is 79.9. The predicted molar refractivity (Wildman–Crippen MR) is 84.3 cm³/mol. The molecule has 0 aliphatic rings. The van der Waals surface area contributed by atoms with E-state index in [1.807, 2.05) is 30.5 Å². The van der Waals surface area contributed by atoms with Crippen molar-refractivity contribution in [3.05, 3.63) is 45.7 Å². The Balaban J connectivity index is 2.05. The van der Waals surface area contributed by atoms with Gasteiger partial charge in [-0.15, -0.1) is 23.1 Å². The number of hydrogen-bond acceptors (Lipinski definition) is 4. The molecule has 1 N–H and O–H groups in total. The van der Waals surface area contributed by atoms with Crippen molar-refractivity contribution < 1.29 is 8.42 Å². The van der Waals surface area contributed by atoms with E-state index in [4.69, 9.17) is 0 Å². The third-order valence-corrected chi connectivity index (χ3v) is 6.70. The van der Waals surface area contributed by atoms with Crippen LogP contribution in [0.1, 0.15) is 5.56 Å². The number of benzene rings is 1. The molecule has 1 heterocycles. The maximum Gasteiger partial charge on any atom is 0.250 e. The van der Waals surface area contributed by atoms with Crippen LogP contribution in [0, 0.1) is 0 Å². The van der Waals surface area contributed by atoms with Crippen LogP contribution >= 0.6 is 39.0 Å². The van der Waals surface area contributed by atoms with Crippen molar-refractivity contribution in [1.82, 2.24) is 4.72 Å². The second-order valence-corrected chi connectivity index (χ2v) is 9.07. The molecular formula is C12H12BrNO2S3. The van der Waals surface area contributed by atoms with Gasteiger partial charge in [-0.2, -0.15) is 0 Å². The minimum Gasteiger partial charge on any atom is -0.206 e. The summed E-state index contributed by atoms with van der Waals surface area (Å²) in [5.74, 6) is 0. The molecule has 102 valence electrons. The molecule has 1 aromatic heterocycles. The first-order valence-electron chi connectivity index (χ1n) is 5.39. The lowest BCUT2D eigenvalue weighted by Crippen LogP contribution is -2.22. The third-order valence-electron chi connectivity index (χ3n) is 2.44. The molecule has 0 unspecified atom stereocenters. The molecule has 0 saturated heterocycles. The van der Waals surface area contributed by atoms with E-state index in [0.717, 1.165) is 14.2 Å². The molecule has 7 heteroatoms. The fourth-order valence-electron chi connectivity index (χ4n) is 1.43. The fourth-order valence-corrected chi connectivity index (χ4v) is 4.92. The second-order valence-electron chi connectivity index (χ2n) is 3.73. The van der Waals surface area contributed by atoms with Gasteiger partial charge in [0.1, 0.15) is 4.21 Å². The van der Waals surface area contributed by atoms with E-state index < -0.39 is 10.0 Å². The number of thioether (sulfide) groups is 1. The van der Waals surface area contributed by atoms with Crippen LogP contribution in [0.25, 0.3) is 0 Å². The summed E-state index contributed by atoms with van der Waals surface area (Å²) in [5.41, 5.74) is 0.942. The molecule has 1 aromatic carbocycles. The number of thiophene rings is 1. The summed E-state index contributed by atoms with van der Waals surface area (Å²) in [6.07, 6.45) is 2.01. The monoisotopic (exact) mass is 377 g/mol. The lowest BCUT2D eigenvalue weighted by molar-refractivity contribution is 0.583. The van der Waals surface area contributed by atoms with Crippen molar-refractivity contribution in [2.45, 2.75) is 15.6 Å². The van der Waals surface area contributed by atoms with Gasteiger partial charge >= 0.3 is 0 Å². The van der Waals surface area contributed by atoms with E-state index in [9.17, 15) is 8.42 Å². The zero-order valence-electron chi connectivity index (χ0n) is 10.1. The highest BCUT2D eigenvalue weighted by molar-refractivity contribution is 9.11. The number of sulfonamides is 1. The van der Waals surface area contributed by atoms with E-state index in [0.29, 0.717) is 10.8 Å². The van der Waals surface area contributed by atoms with Crippen LogP contribution in [0.3, 0.4) is 0 Å². The molecule has 2 aromatic rings. The van der Waals surface area contributed by atoms with Crippen LogP contribution in [-0.4, -0.2) is 14.7 Å². The predicted octanol–water partition coefficient (Wildman–Crippen LogP) is 3.71. The van der Waals surface area contributed by atoms with E-state index in [1.165, 1.54) is 11.3 Å². The van der Waals surface area contributed by atoms with Crippen molar-refractivity contribution in [3.63, 3.8) is 0 Å². The zero-order chi connectivity index (χ0) is 13.9. The van der Waals surface area contributed by atoms with Crippen LogP contribution in [0.4, 0.5) is 0 Å². The molecule has 0 bridgehead atoms. The van der Waals surface area contributed by atoms with E-state index >= 15 is 0 Å². The Morgan fingerprint density at radius 2 is 1.89 bits per heavy atom. The normalized spacial score (nSPS) is 11.7. The first-order valence-corrected chi connectivity index (χ1v) is 9.71. The van der Waals surface area contributed by atoms with Crippen molar-refractivity contribution in [3.8, 4) is 0 Å². The minimum absolute atomic E-state index is 0.298. The maximum absolute atomic E-state index is 12.0. The quantitative estimate of drug-likeness (QED) is 0.807. The molecule has 0 aliphatic heterocycles. The van der Waals surface area contributed by atoms with Crippen LogP contribution in [0.2, 0.25) is 0 Å². The Hall–Kier alpha value is -0.340. The fraction of sp³-hybridized carbons (Fsp3) is 0.167. The second kappa shape index (κ2) is 6.41. The van der Waals surface area contributed by atoms with Crippen LogP contribution < -0.4 is 4.72 Å². The Labute approximate surface area is 129 Å². The van der Waals surface area contributed by atoms with Gasteiger partial charge in [-0.1, -0.05) is 12.1 Å². The Kier molecular flexibility index (Phi) is 5.08. The maximum atomic E-state index is 12.0. The summed E-state index contributed by atoms with van der Waals surface area (Å²) in [6.45, 7) is 0.298. The van der Waals surface area contributed by atoms with E-state index in [-0.39, 0.29) is 0 Å². The van der Waals surface area contributed by atoms with Crippen molar-refractivity contribution in [2.24, 2.45) is 0 Å².